The van der Waals surface area contributed by atoms with Gasteiger partial charge in [0.1, 0.15) is 5.82 Å². The van der Waals surface area contributed by atoms with Crippen LogP contribution in [0.15, 0.2) is 29.6 Å². The van der Waals surface area contributed by atoms with Gasteiger partial charge in [-0.25, -0.2) is 4.39 Å². The van der Waals surface area contributed by atoms with E-state index < -0.39 is 0 Å². The van der Waals surface area contributed by atoms with Gasteiger partial charge in [0, 0.05) is 4.88 Å². The van der Waals surface area contributed by atoms with Crippen molar-refractivity contribution in [1.82, 2.24) is 0 Å². The van der Waals surface area contributed by atoms with E-state index in [1.165, 1.54) is 11.6 Å². The highest BCUT2D eigenvalue weighted by molar-refractivity contribution is 7.13. The molecule has 1 nitrogen and oxygen atoms in total. The minimum absolute atomic E-state index is 0.204. The lowest BCUT2D eigenvalue weighted by Gasteiger charge is -2.02. The van der Waals surface area contributed by atoms with Crippen LogP contribution in [-0.2, 0) is 0 Å². The molecule has 14 heavy (non-hydrogen) atoms. The van der Waals surface area contributed by atoms with Crippen LogP contribution >= 0.6 is 11.3 Å². The topological polar surface area (TPSA) is 26.0 Å². The molecule has 0 atom stereocenters. The van der Waals surface area contributed by atoms with Crippen molar-refractivity contribution in [1.29, 1.82) is 0 Å². The van der Waals surface area contributed by atoms with E-state index >= 15 is 0 Å². The number of rotatable bonds is 1. The first-order valence-corrected chi connectivity index (χ1v) is 5.16. The summed E-state index contributed by atoms with van der Waals surface area (Å²) in [6.07, 6.45) is 0. The van der Waals surface area contributed by atoms with Gasteiger partial charge in [0.25, 0.3) is 0 Å². The zero-order valence-electron chi connectivity index (χ0n) is 7.75. The van der Waals surface area contributed by atoms with E-state index in [4.69, 9.17) is 5.73 Å². The number of nitrogens with two attached hydrogens (primary N) is 1. The maximum Gasteiger partial charge on any atom is 0.146 e. The maximum atomic E-state index is 12.9. The Labute approximate surface area is 86.0 Å². The summed E-state index contributed by atoms with van der Waals surface area (Å²) >= 11 is 1.64. The second-order valence-electron chi connectivity index (χ2n) is 3.17. The molecule has 0 aliphatic rings. The van der Waals surface area contributed by atoms with Crippen molar-refractivity contribution >= 4 is 17.0 Å². The van der Waals surface area contributed by atoms with Crippen LogP contribution in [0.2, 0.25) is 0 Å². The van der Waals surface area contributed by atoms with Crippen molar-refractivity contribution in [2.24, 2.45) is 0 Å². The second-order valence-corrected chi connectivity index (χ2v) is 4.09. The molecule has 0 aliphatic heterocycles. The van der Waals surface area contributed by atoms with Crippen molar-refractivity contribution in [2.45, 2.75) is 6.92 Å². The summed E-state index contributed by atoms with van der Waals surface area (Å²) in [7, 11) is 0. The van der Waals surface area contributed by atoms with Gasteiger partial charge in [-0.3, -0.25) is 0 Å². The summed E-state index contributed by atoms with van der Waals surface area (Å²) < 4.78 is 12.9. The van der Waals surface area contributed by atoms with Gasteiger partial charge in [0.2, 0.25) is 0 Å². The van der Waals surface area contributed by atoms with Gasteiger partial charge in [-0.2, -0.15) is 0 Å². The minimum atomic E-state index is -0.358. The van der Waals surface area contributed by atoms with E-state index in [1.54, 1.807) is 23.5 Å². The Morgan fingerprint density at radius 2 is 2.07 bits per heavy atom. The lowest BCUT2D eigenvalue weighted by molar-refractivity contribution is 0.632. The third kappa shape index (κ3) is 1.51. The molecule has 2 rings (SSSR count). The monoisotopic (exact) mass is 207 g/mol. The SMILES string of the molecule is Cc1ccsc1-c1ccc(F)c(N)c1. The van der Waals surface area contributed by atoms with Crippen LogP contribution in [0.3, 0.4) is 0 Å². The number of thiophene rings is 1. The van der Waals surface area contributed by atoms with E-state index in [0.29, 0.717) is 0 Å². The molecule has 0 bridgehead atoms. The zero-order chi connectivity index (χ0) is 10.1. The Bertz CT molecular complexity index is 462. The molecule has 0 unspecified atom stereocenters. The molecular formula is C11H10FNS. The Kier molecular flexibility index (Phi) is 2.25. The number of nitrogen functional groups attached to an aromatic ring is 1. The van der Waals surface area contributed by atoms with Gasteiger partial charge in [-0.15, -0.1) is 11.3 Å². The summed E-state index contributed by atoms with van der Waals surface area (Å²) in [4.78, 5) is 1.15. The molecule has 0 amide bonds. The van der Waals surface area contributed by atoms with E-state index in [9.17, 15) is 4.39 Å². The molecule has 2 aromatic rings. The molecule has 0 saturated heterocycles. The van der Waals surface area contributed by atoms with Gasteiger partial charge in [0.05, 0.1) is 5.69 Å². The number of aryl methyl sites for hydroxylation is 1. The van der Waals surface area contributed by atoms with Crippen LogP contribution in [0.4, 0.5) is 10.1 Å². The molecule has 0 fully saturated rings. The number of halogens is 1. The fraction of sp³-hybridized carbons (Fsp3) is 0.0909. The highest BCUT2D eigenvalue weighted by Crippen LogP contribution is 2.30. The van der Waals surface area contributed by atoms with Crippen LogP contribution < -0.4 is 5.73 Å². The fourth-order valence-corrected chi connectivity index (χ4v) is 2.28. The standard InChI is InChI=1S/C11H10FNS/c1-7-4-5-14-11(7)8-2-3-9(12)10(13)6-8/h2-6H,13H2,1H3. The Morgan fingerprint density at radius 3 is 2.64 bits per heavy atom. The van der Waals surface area contributed by atoms with Crippen LogP contribution in [-0.4, -0.2) is 0 Å². The molecule has 0 radical (unpaired) electrons. The first-order chi connectivity index (χ1) is 6.68. The average molecular weight is 207 g/mol. The number of hydrogen-bond donors (Lipinski definition) is 1. The molecule has 0 saturated carbocycles. The van der Waals surface area contributed by atoms with Crippen LogP contribution in [0.1, 0.15) is 5.56 Å². The zero-order valence-corrected chi connectivity index (χ0v) is 8.57. The van der Waals surface area contributed by atoms with Crippen LogP contribution in [0.25, 0.3) is 10.4 Å². The van der Waals surface area contributed by atoms with E-state index in [1.807, 2.05) is 18.4 Å². The number of hydrogen-bond acceptors (Lipinski definition) is 2. The average Bonchev–Trinajstić information content (AvgIpc) is 2.57. The third-order valence-electron chi connectivity index (χ3n) is 2.12. The van der Waals surface area contributed by atoms with E-state index in [-0.39, 0.29) is 11.5 Å². The van der Waals surface area contributed by atoms with Crippen molar-refractivity contribution in [3.05, 3.63) is 41.0 Å². The number of anilines is 1. The van der Waals surface area contributed by atoms with Gasteiger partial charge >= 0.3 is 0 Å². The van der Waals surface area contributed by atoms with Crippen LogP contribution in [0.5, 0.6) is 0 Å². The van der Waals surface area contributed by atoms with Crippen molar-refractivity contribution in [2.75, 3.05) is 5.73 Å². The predicted molar refractivity (Wildman–Crippen MR) is 58.9 cm³/mol. The summed E-state index contributed by atoms with van der Waals surface area (Å²) in [6, 6.07) is 6.88. The smallest absolute Gasteiger partial charge is 0.146 e. The Hall–Kier alpha value is -1.35. The summed E-state index contributed by atoms with van der Waals surface area (Å²) in [5, 5.41) is 2.02. The molecule has 0 aliphatic carbocycles. The van der Waals surface area contributed by atoms with Crippen molar-refractivity contribution in [3.8, 4) is 10.4 Å². The van der Waals surface area contributed by atoms with E-state index in [2.05, 4.69) is 0 Å². The molecule has 1 heterocycles. The summed E-state index contributed by atoms with van der Waals surface area (Å²) in [6.45, 7) is 2.03. The third-order valence-corrected chi connectivity index (χ3v) is 3.19. The maximum absolute atomic E-state index is 12.9. The van der Waals surface area contributed by atoms with Gasteiger partial charge < -0.3 is 5.73 Å². The lowest BCUT2D eigenvalue weighted by Crippen LogP contribution is -1.90. The molecular weight excluding hydrogens is 197 g/mol. The Balaban J connectivity index is 2.53. The molecule has 3 heteroatoms. The molecule has 72 valence electrons. The summed E-state index contributed by atoms with van der Waals surface area (Å²) in [5.74, 6) is -0.358. The van der Waals surface area contributed by atoms with Crippen LogP contribution in [0, 0.1) is 12.7 Å². The van der Waals surface area contributed by atoms with Gasteiger partial charge in [0.15, 0.2) is 0 Å². The molecule has 1 aromatic heterocycles. The molecule has 1 aromatic carbocycles. The lowest BCUT2D eigenvalue weighted by atomic mass is 10.1. The largest absolute Gasteiger partial charge is 0.396 e. The quantitative estimate of drug-likeness (QED) is 0.712. The number of benzene rings is 1. The highest BCUT2D eigenvalue weighted by atomic mass is 32.1. The first kappa shape index (κ1) is 9.21. The highest BCUT2D eigenvalue weighted by Gasteiger charge is 2.05. The predicted octanol–water partition coefficient (Wildman–Crippen LogP) is 3.44. The first-order valence-electron chi connectivity index (χ1n) is 4.28. The molecule has 0 spiro atoms. The van der Waals surface area contributed by atoms with E-state index in [0.717, 1.165) is 10.4 Å². The van der Waals surface area contributed by atoms with Crippen molar-refractivity contribution in [3.63, 3.8) is 0 Å². The minimum Gasteiger partial charge on any atom is -0.396 e. The second kappa shape index (κ2) is 3.42. The summed E-state index contributed by atoms with van der Waals surface area (Å²) in [5.41, 5.74) is 7.89. The molecule has 2 N–H and O–H groups in total. The van der Waals surface area contributed by atoms with Gasteiger partial charge in [-0.05, 0) is 41.6 Å². The van der Waals surface area contributed by atoms with Crippen molar-refractivity contribution < 1.29 is 4.39 Å². The Morgan fingerprint density at radius 1 is 1.29 bits per heavy atom. The normalized spacial score (nSPS) is 10.4. The van der Waals surface area contributed by atoms with Gasteiger partial charge in [-0.1, -0.05) is 6.07 Å². The fourth-order valence-electron chi connectivity index (χ4n) is 1.35.